The summed E-state index contributed by atoms with van der Waals surface area (Å²) in [6, 6.07) is 4.69. The lowest BCUT2D eigenvalue weighted by molar-refractivity contribution is -0.146. The van der Waals surface area contributed by atoms with Gasteiger partial charge >= 0.3 is 5.97 Å². The first kappa shape index (κ1) is 17.0. The second kappa shape index (κ2) is 7.28. The van der Waals surface area contributed by atoms with Crippen molar-refractivity contribution in [3.63, 3.8) is 0 Å². The third-order valence-corrected chi connectivity index (χ3v) is 3.96. The number of anilines is 2. The number of carboxylic acids is 1. The minimum absolute atomic E-state index is 0.279. The first-order valence-corrected chi connectivity index (χ1v) is 7.52. The quantitative estimate of drug-likeness (QED) is 0.737. The monoisotopic (exact) mass is 336 g/mol. The minimum atomic E-state index is -0.982. The van der Waals surface area contributed by atoms with Crippen LogP contribution in [0.25, 0.3) is 0 Å². The van der Waals surface area contributed by atoms with Crippen molar-refractivity contribution in [2.24, 2.45) is 11.8 Å². The van der Waals surface area contributed by atoms with Crippen LogP contribution in [0.3, 0.4) is 0 Å². The Morgan fingerprint density at radius 1 is 1.13 bits per heavy atom. The van der Waals surface area contributed by atoms with Crippen LogP contribution in [0.2, 0.25) is 5.02 Å². The molecular weight excluding hydrogens is 320 g/mol. The maximum Gasteiger partial charge on any atom is 0.307 e. The van der Waals surface area contributed by atoms with E-state index >= 15 is 0 Å². The molecular formula is C16H17ClN2O4. The molecule has 1 aromatic rings. The lowest BCUT2D eigenvalue weighted by Gasteiger charge is -2.24. The first-order valence-electron chi connectivity index (χ1n) is 7.14. The number of allylic oxidation sites excluding steroid dienone is 2. The maximum absolute atomic E-state index is 12.4. The van der Waals surface area contributed by atoms with Gasteiger partial charge in [-0.15, -0.1) is 0 Å². The summed E-state index contributed by atoms with van der Waals surface area (Å²) in [4.78, 5) is 34.8. The van der Waals surface area contributed by atoms with Crippen LogP contribution in [0.1, 0.15) is 19.8 Å². The summed E-state index contributed by atoms with van der Waals surface area (Å²) < 4.78 is 0. The molecule has 0 saturated carbocycles. The van der Waals surface area contributed by atoms with Crippen molar-refractivity contribution >= 4 is 40.8 Å². The number of carbonyl (C=O) groups is 3. The summed E-state index contributed by atoms with van der Waals surface area (Å²) in [5.41, 5.74) is 0.831. The van der Waals surface area contributed by atoms with Crippen LogP contribution in [0.15, 0.2) is 30.4 Å². The van der Waals surface area contributed by atoms with Gasteiger partial charge in [-0.3, -0.25) is 14.4 Å². The summed E-state index contributed by atoms with van der Waals surface area (Å²) in [6.45, 7) is 1.35. The Bertz CT molecular complexity index is 672. The van der Waals surface area contributed by atoms with Crippen LogP contribution in [0.4, 0.5) is 11.4 Å². The van der Waals surface area contributed by atoms with Gasteiger partial charge in [0, 0.05) is 12.6 Å². The number of amides is 2. The zero-order valence-corrected chi connectivity index (χ0v) is 13.3. The number of carbonyl (C=O) groups excluding carboxylic acids is 2. The molecule has 1 aromatic carbocycles. The van der Waals surface area contributed by atoms with Gasteiger partial charge in [-0.1, -0.05) is 23.8 Å². The normalized spacial score (nSPS) is 19.9. The average molecular weight is 337 g/mol. The molecule has 0 unspecified atom stereocenters. The highest BCUT2D eigenvalue weighted by Crippen LogP contribution is 2.29. The lowest BCUT2D eigenvalue weighted by atomic mass is 9.82. The van der Waals surface area contributed by atoms with Crippen molar-refractivity contribution < 1.29 is 19.5 Å². The van der Waals surface area contributed by atoms with Crippen molar-refractivity contribution in [3.05, 3.63) is 35.4 Å². The van der Waals surface area contributed by atoms with Gasteiger partial charge in [0.1, 0.15) is 0 Å². The van der Waals surface area contributed by atoms with Gasteiger partial charge in [-0.25, -0.2) is 0 Å². The molecule has 2 atom stereocenters. The van der Waals surface area contributed by atoms with Gasteiger partial charge in [0.15, 0.2) is 0 Å². The van der Waals surface area contributed by atoms with E-state index in [9.17, 15) is 19.5 Å². The van der Waals surface area contributed by atoms with Crippen LogP contribution >= 0.6 is 11.6 Å². The summed E-state index contributed by atoms with van der Waals surface area (Å²) in [6.07, 6.45) is 4.31. The Morgan fingerprint density at radius 2 is 1.78 bits per heavy atom. The highest BCUT2D eigenvalue weighted by molar-refractivity contribution is 6.33. The van der Waals surface area contributed by atoms with Crippen molar-refractivity contribution in [2.75, 3.05) is 10.6 Å². The zero-order chi connectivity index (χ0) is 17.0. The average Bonchev–Trinajstić information content (AvgIpc) is 2.50. The molecule has 0 radical (unpaired) electrons. The molecule has 0 aromatic heterocycles. The van der Waals surface area contributed by atoms with E-state index in [0.29, 0.717) is 29.2 Å². The standard InChI is InChI=1S/C16H17ClN2O4/c1-9(20)18-14-8-10(6-7-13(14)17)19-15(21)11-4-2-3-5-12(11)16(22)23/h2-3,6-8,11-12H,4-5H2,1H3,(H,18,20)(H,19,21)(H,22,23)/t11-,12+/m0/s1. The summed E-state index contributed by atoms with van der Waals surface area (Å²) in [5, 5.41) is 14.8. The van der Waals surface area contributed by atoms with Gasteiger partial charge in [0.05, 0.1) is 22.5 Å². The van der Waals surface area contributed by atoms with Gasteiger partial charge in [0.25, 0.3) is 0 Å². The summed E-state index contributed by atoms with van der Waals surface area (Å²) in [7, 11) is 0. The van der Waals surface area contributed by atoms with Crippen LogP contribution < -0.4 is 10.6 Å². The van der Waals surface area contributed by atoms with Crippen LogP contribution in [0, 0.1) is 11.8 Å². The molecule has 23 heavy (non-hydrogen) atoms. The molecule has 0 aliphatic heterocycles. The van der Waals surface area contributed by atoms with Crippen LogP contribution in [-0.2, 0) is 14.4 Å². The Hall–Kier alpha value is -2.34. The van der Waals surface area contributed by atoms with Gasteiger partial charge in [-0.05, 0) is 31.0 Å². The Labute approximate surface area is 138 Å². The van der Waals surface area contributed by atoms with Crippen molar-refractivity contribution in [2.45, 2.75) is 19.8 Å². The molecule has 0 spiro atoms. The van der Waals surface area contributed by atoms with E-state index in [2.05, 4.69) is 10.6 Å². The van der Waals surface area contributed by atoms with E-state index in [-0.39, 0.29) is 11.8 Å². The third-order valence-electron chi connectivity index (χ3n) is 3.63. The van der Waals surface area contributed by atoms with Gasteiger partial charge in [-0.2, -0.15) is 0 Å². The van der Waals surface area contributed by atoms with Crippen LogP contribution in [0.5, 0.6) is 0 Å². The predicted octanol–water partition coefficient (Wildman–Crippen LogP) is 2.90. The molecule has 1 aliphatic rings. The van der Waals surface area contributed by atoms with E-state index in [1.807, 2.05) is 6.08 Å². The highest BCUT2D eigenvalue weighted by Gasteiger charge is 2.33. The number of rotatable bonds is 4. The molecule has 0 bridgehead atoms. The topological polar surface area (TPSA) is 95.5 Å². The fraction of sp³-hybridized carbons (Fsp3) is 0.312. The molecule has 122 valence electrons. The number of halogens is 1. The van der Waals surface area contributed by atoms with Crippen molar-refractivity contribution in [1.29, 1.82) is 0 Å². The Morgan fingerprint density at radius 3 is 2.39 bits per heavy atom. The molecule has 3 N–H and O–H groups in total. The first-order chi connectivity index (χ1) is 10.9. The van der Waals surface area contributed by atoms with E-state index in [1.165, 1.54) is 13.0 Å². The number of carboxylic acid groups (broad SMARTS) is 1. The molecule has 7 heteroatoms. The molecule has 0 heterocycles. The van der Waals surface area contributed by atoms with E-state index in [0.717, 1.165) is 0 Å². The second-order valence-corrected chi connectivity index (χ2v) is 5.77. The Kier molecular flexibility index (Phi) is 5.39. The molecule has 6 nitrogen and oxygen atoms in total. The van der Waals surface area contributed by atoms with E-state index in [4.69, 9.17) is 11.6 Å². The van der Waals surface area contributed by atoms with Gasteiger partial charge < -0.3 is 15.7 Å². The molecule has 2 rings (SSSR count). The molecule has 2 amide bonds. The Balaban J connectivity index is 2.15. The fourth-order valence-corrected chi connectivity index (χ4v) is 2.67. The summed E-state index contributed by atoms with van der Waals surface area (Å²) >= 11 is 5.98. The highest BCUT2D eigenvalue weighted by atomic mass is 35.5. The lowest BCUT2D eigenvalue weighted by Crippen LogP contribution is -2.34. The van der Waals surface area contributed by atoms with Crippen LogP contribution in [-0.4, -0.2) is 22.9 Å². The zero-order valence-electron chi connectivity index (χ0n) is 12.5. The SMILES string of the molecule is CC(=O)Nc1cc(NC(=O)[C@H]2CC=CC[C@H]2C(=O)O)ccc1Cl. The predicted molar refractivity (Wildman–Crippen MR) is 87.4 cm³/mol. The number of nitrogens with one attached hydrogen (secondary N) is 2. The molecule has 1 aliphatic carbocycles. The largest absolute Gasteiger partial charge is 0.481 e. The number of benzene rings is 1. The fourth-order valence-electron chi connectivity index (χ4n) is 2.50. The van der Waals surface area contributed by atoms with E-state index < -0.39 is 17.8 Å². The molecule has 0 saturated heterocycles. The van der Waals surface area contributed by atoms with E-state index in [1.54, 1.807) is 18.2 Å². The smallest absolute Gasteiger partial charge is 0.307 e. The maximum atomic E-state index is 12.4. The number of hydrogen-bond donors (Lipinski definition) is 3. The number of aliphatic carboxylic acids is 1. The molecule has 0 fully saturated rings. The van der Waals surface area contributed by atoms with Crippen molar-refractivity contribution in [3.8, 4) is 0 Å². The summed E-state index contributed by atoms with van der Waals surface area (Å²) in [5.74, 6) is -2.99. The van der Waals surface area contributed by atoms with Gasteiger partial charge in [0.2, 0.25) is 11.8 Å². The minimum Gasteiger partial charge on any atom is -0.481 e. The third kappa shape index (κ3) is 4.32. The second-order valence-electron chi connectivity index (χ2n) is 5.36. The van der Waals surface area contributed by atoms with Crippen molar-refractivity contribution in [1.82, 2.24) is 0 Å². The number of hydrogen-bond acceptors (Lipinski definition) is 3.